The number of rotatable bonds is 12. The largest absolute Gasteiger partial charge is 0.375 e. The molecule has 125 heavy (non-hydrogen) atoms. The monoisotopic (exact) mass is 1660 g/mol. The van der Waals surface area contributed by atoms with Crippen LogP contribution >= 0.6 is 0 Å². The zero-order valence-corrected chi connectivity index (χ0v) is 70.9. The first-order chi connectivity index (χ1) is 60.3. The minimum absolute atomic E-state index is 0.150. The molecule has 3 amide bonds. The number of hydrogen-bond acceptors (Lipinski definition) is 18. The smallest absolute Gasteiger partial charge is 0.267 e. The fraction of sp³-hybridized carbons (Fsp3) is 0.219. The maximum atomic E-state index is 14.3. The van der Waals surface area contributed by atoms with Crippen LogP contribution in [0.1, 0.15) is 176 Å². The second-order valence-electron chi connectivity index (χ2n) is 30.9. The van der Waals surface area contributed by atoms with Crippen molar-refractivity contribution in [2.24, 2.45) is 20.0 Å². The number of nitrogens with one attached hydrogen (secondary N) is 3. The summed E-state index contributed by atoms with van der Waals surface area (Å²) in [5.74, 6) is 19.4. The molecule has 11 aromatic heterocycles. The van der Waals surface area contributed by atoms with Crippen LogP contribution in [-0.4, -0.2) is 122 Å². The summed E-state index contributed by atoms with van der Waals surface area (Å²) in [7, 11) is 3.64. The van der Waals surface area contributed by atoms with E-state index in [9.17, 15) is 28.8 Å². The van der Waals surface area contributed by atoms with Crippen LogP contribution in [0.5, 0.6) is 0 Å². The van der Waals surface area contributed by atoms with Crippen molar-refractivity contribution < 1.29 is 19.1 Å². The summed E-state index contributed by atoms with van der Waals surface area (Å²) < 4.78 is 18.7. The van der Waals surface area contributed by atoms with Crippen LogP contribution in [0.15, 0.2) is 222 Å². The highest BCUT2D eigenvalue weighted by Gasteiger charge is 2.31. The number of amides is 3. The van der Waals surface area contributed by atoms with Gasteiger partial charge in [0.1, 0.15) is 34.2 Å². The summed E-state index contributed by atoms with van der Waals surface area (Å²) in [6.45, 7) is 20.6. The third kappa shape index (κ3) is 17.0. The van der Waals surface area contributed by atoms with E-state index in [4.69, 9.17) is 19.7 Å². The quantitative estimate of drug-likeness (QED) is 0.0957. The Morgan fingerprint density at radius 3 is 1.27 bits per heavy atom. The number of nitrogens with zero attached hydrogens (tertiary/aromatic N) is 19. The third-order valence-corrected chi connectivity index (χ3v) is 21.3. The molecule has 0 spiro atoms. The van der Waals surface area contributed by atoms with Gasteiger partial charge in [0.05, 0.1) is 121 Å². The Bertz CT molecular complexity index is 7520. The van der Waals surface area contributed by atoms with Crippen molar-refractivity contribution in [1.82, 2.24) is 108 Å². The predicted molar refractivity (Wildman–Crippen MR) is 475 cm³/mol. The van der Waals surface area contributed by atoms with Gasteiger partial charge in [-0.2, -0.15) is 25.5 Å². The molecule has 1 aliphatic rings. The minimum Gasteiger partial charge on any atom is -0.375 e. The molecule has 29 nitrogen and oxygen atoms in total. The standard InChI is InChI=1S/C33H32N6O3.C32H28N8O2.C31H26N8O2/c1-20-18-24(19-21(2)42-20)14-15-25-10-8-13-27-29(25)33(41)39(26-11-6-5-7-12-26)30(36-27)23(4)35-32(40)28-22(3)37-38-17-9-16-34-31(28)38;1-19-16-20(2)40-30(34-19)27(21(3)37-40)31(41)35-22(4)29-36-26-13-9-10-24(15-14-23-17-33-38(5)18-23)28(26)32(42)39(29)25-11-7-6-8-12-25;1-19-15-16-38-29(33-19)26(20(2)36-38)30(40)34-21(3)28-35-25-12-8-9-23(14-13-22-17-32-37(4)18-22)27(25)31(41)39(28)24-10-6-5-7-11-24/h5-13,16-17,20-21,23-24H,18-19H2,1-4H3,(H,35,40);6-13,16-18,22H,1-5H3,(H,35,41);5-12,15-18,21H,1-4H3,(H,34,40)/t20?,21?,23-,24?;22-;21-/m000/s1. The molecular formula is C96H86N22O7. The first-order valence-corrected chi connectivity index (χ1v) is 40.7. The fourth-order valence-electron chi connectivity index (χ4n) is 15.7. The van der Waals surface area contributed by atoms with Gasteiger partial charge in [0.2, 0.25) is 0 Å². The Balaban J connectivity index is 0.000000138. The van der Waals surface area contributed by atoms with E-state index in [1.165, 1.54) is 9.13 Å². The van der Waals surface area contributed by atoms with Crippen LogP contribution in [0, 0.1) is 83.0 Å². The van der Waals surface area contributed by atoms with Gasteiger partial charge in [-0.1, -0.05) is 108 Å². The van der Waals surface area contributed by atoms with Crippen molar-refractivity contribution in [2.45, 2.75) is 119 Å². The Labute approximate surface area is 716 Å². The van der Waals surface area contributed by atoms with Crippen LogP contribution < -0.4 is 32.6 Å². The lowest BCUT2D eigenvalue weighted by Crippen LogP contribution is -2.33. The number of fused-ring (bicyclic) bond motifs is 6. The second kappa shape index (κ2) is 35.0. The van der Waals surface area contributed by atoms with Crippen molar-refractivity contribution in [2.75, 3.05) is 0 Å². The molecule has 12 heterocycles. The lowest BCUT2D eigenvalue weighted by Gasteiger charge is -2.29. The predicted octanol–water partition coefficient (Wildman–Crippen LogP) is 12.4. The van der Waals surface area contributed by atoms with E-state index in [0.717, 1.165) is 41.1 Å². The molecule has 2 unspecified atom stereocenters. The van der Waals surface area contributed by atoms with E-state index >= 15 is 0 Å². The van der Waals surface area contributed by atoms with E-state index in [1.807, 2.05) is 195 Å². The molecule has 0 aliphatic carbocycles. The van der Waals surface area contributed by atoms with Gasteiger partial charge in [-0.3, -0.25) is 51.8 Å². The molecular weight excluding hydrogens is 1570 g/mol. The van der Waals surface area contributed by atoms with Crippen molar-refractivity contribution in [3.63, 3.8) is 0 Å². The van der Waals surface area contributed by atoms with Gasteiger partial charge in [-0.25, -0.2) is 43.5 Å². The van der Waals surface area contributed by atoms with E-state index in [-0.39, 0.29) is 52.5 Å². The van der Waals surface area contributed by atoms with Gasteiger partial charge in [-0.05, 0) is 180 Å². The molecule has 0 radical (unpaired) electrons. The zero-order chi connectivity index (χ0) is 87.6. The topological polar surface area (TPSA) is 327 Å². The number of benzene rings is 6. The molecule has 0 saturated carbocycles. The van der Waals surface area contributed by atoms with Gasteiger partial charge < -0.3 is 20.7 Å². The summed E-state index contributed by atoms with van der Waals surface area (Å²) in [6.07, 6.45) is 14.1. The zero-order valence-electron chi connectivity index (χ0n) is 70.9. The van der Waals surface area contributed by atoms with Crippen molar-refractivity contribution in [3.05, 3.63) is 334 Å². The maximum Gasteiger partial charge on any atom is 0.267 e. The molecule has 1 saturated heterocycles. The highest BCUT2D eigenvalue weighted by atomic mass is 16.5. The molecule has 18 rings (SSSR count). The Morgan fingerprint density at radius 2 is 0.840 bits per heavy atom. The first-order valence-electron chi connectivity index (χ1n) is 40.7. The molecule has 622 valence electrons. The molecule has 0 bridgehead atoms. The maximum absolute atomic E-state index is 14.3. The lowest BCUT2D eigenvalue weighted by molar-refractivity contribution is -0.0419. The average Bonchev–Trinajstić information content (AvgIpc) is 1.65. The molecule has 17 aromatic rings. The normalized spacial score (nSPS) is 14.3. The van der Waals surface area contributed by atoms with Crippen LogP contribution in [-0.2, 0) is 18.8 Å². The van der Waals surface area contributed by atoms with Gasteiger partial charge in [-0.15, -0.1) is 0 Å². The molecule has 1 fully saturated rings. The average molecular weight is 1660 g/mol. The Kier molecular flexibility index (Phi) is 23.2. The second-order valence-corrected chi connectivity index (χ2v) is 30.9. The van der Waals surface area contributed by atoms with Gasteiger partial charge >= 0.3 is 0 Å². The van der Waals surface area contributed by atoms with E-state index in [1.54, 1.807) is 116 Å². The first kappa shape index (κ1) is 82.8. The minimum atomic E-state index is -0.639. The molecule has 1 aliphatic heterocycles. The van der Waals surface area contributed by atoms with Crippen LogP contribution in [0.4, 0.5) is 0 Å². The fourth-order valence-corrected chi connectivity index (χ4v) is 15.7. The van der Waals surface area contributed by atoms with E-state index in [0.29, 0.717) is 135 Å². The lowest BCUT2D eigenvalue weighted by atomic mass is 9.93. The van der Waals surface area contributed by atoms with E-state index in [2.05, 4.69) is 106 Å². The van der Waals surface area contributed by atoms with Crippen LogP contribution in [0.25, 0.3) is 66.7 Å². The molecule has 6 aromatic carbocycles. The highest BCUT2D eigenvalue weighted by molar-refractivity contribution is 6.03. The number of ether oxygens (including phenoxy) is 1. The van der Waals surface area contributed by atoms with Gasteiger partial charge in [0.15, 0.2) is 16.9 Å². The summed E-state index contributed by atoms with van der Waals surface area (Å²) in [5, 5.41) is 32.0. The summed E-state index contributed by atoms with van der Waals surface area (Å²) in [5.41, 5.74) is 12.5. The SMILES string of the molecule is Cc1cc(C)n2nc(C)c(C(=O)N[C@@H](C)c3nc4cccc(C#Cc5cnn(C)c5)c4c(=O)n3-c3ccccc3)c2n1.Cc1ccn2nc(C)c(C(=O)N[C@@H](C)c3nc4cccc(C#Cc5cnn(C)c5)c4c(=O)n3-c3ccccc3)c2n1.Cc1nn2cccnc2c1C(=O)N[C@@H](C)c1nc2cccc(C#CC3CC(C)OC(C)C3)c2c(=O)n1-c1ccccc1. The van der Waals surface area contributed by atoms with Crippen molar-refractivity contribution >= 4 is 67.4 Å². The number of aromatic nitrogens is 19. The number of aryl methyl sites for hydroxylation is 8. The number of carbonyl (C=O) groups is 3. The van der Waals surface area contributed by atoms with Crippen LogP contribution in [0.2, 0.25) is 0 Å². The number of para-hydroxylation sites is 3. The van der Waals surface area contributed by atoms with Crippen molar-refractivity contribution in [1.29, 1.82) is 0 Å². The summed E-state index contributed by atoms with van der Waals surface area (Å²) >= 11 is 0. The highest BCUT2D eigenvalue weighted by Crippen LogP contribution is 2.29. The summed E-state index contributed by atoms with van der Waals surface area (Å²) in [6, 6.07) is 47.8. The van der Waals surface area contributed by atoms with Gasteiger partial charge in [0.25, 0.3) is 34.4 Å². The summed E-state index contributed by atoms with van der Waals surface area (Å²) in [4.78, 5) is 112. The van der Waals surface area contributed by atoms with Crippen molar-refractivity contribution in [3.8, 4) is 52.6 Å². The molecule has 3 N–H and O–H groups in total. The Morgan fingerprint density at radius 1 is 0.440 bits per heavy atom. The van der Waals surface area contributed by atoms with E-state index < -0.39 is 18.1 Å². The van der Waals surface area contributed by atoms with Gasteiger partial charge in [0, 0.05) is 84.8 Å². The van der Waals surface area contributed by atoms with Crippen LogP contribution in [0.3, 0.4) is 0 Å². The molecule has 5 atom stereocenters. The number of hydrogen-bond donors (Lipinski definition) is 3. The third-order valence-electron chi connectivity index (χ3n) is 21.3. The number of carbonyl (C=O) groups excluding carboxylic acids is 3. The molecule has 29 heteroatoms. The Hall–Kier alpha value is -15.9.